The number of hydrogen-bond acceptors (Lipinski definition) is 5. The lowest BCUT2D eigenvalue weighted by Crippen LogP contribution is -2.45. The molecule has 1 aromatic rings. The predicted octanol–water partition coefficient (Wildman–Crippen LogP) is 1.34. The Labute approximate surface area is 125 Å². The Hall–Kier alpha value is -1.89. The van der Waals surface area contributed by atoms with E-state index in [9.17, 15) is 0 Å². The van der Waals surface area contributed by atoms with Crippen LogP contribution in [0.2, 0.25) is 0 Å². The number of rotatable bonds is 6. The number of aryl methyl sites for hydroxylation is 1. The molecule has 1 aliphatic heterocycles. The first-order chi connectivity index (χ1) is 10.2. The minimum absolute atomic E-state index is 0.0738. The topological polar surface area (TPSA) is 77.9 Å². The molecule has 6 nitrogen and oxygen atoms in total. The third kappa shape index (κ3) is 4.86. The molecule has 6 heteroatoms. The number of nitrogens with zero attached hydrogens (tertiary/aromatic N) is 5. The van der Waals surface area contributed by atoms with Gasteiger partial charge < -0.3 is 4.74 Å². The number of nitriles is 2. The van der Waals surface area contributed by atoms with E-state index in [1.807, 2.05) is 24.0 Å². The SMILES string of the molecule is Cc1cnn(CC2CN(CC(C#N)CCC#N)CCO2)c1. The van der Waals surface area contributed by atoms with E-state index >= 15 is 0 Å². The van der Waals surface area contributed by atoms with E-state index in [4.69, 9.17) is 15.3 Å². The van der Waals surface area contributed by atoms with Crippen LogP contribution in [0.15, 0.2) is 12.4 Å². The van der Waals surface area contributed by atoms with Crippen LogP contribution in [0.3, 0.4) is 0 Å². The summed E-state index contributed by atoms with van der Waals surface area (Å²) in [7, 11) is 0. The molecule has 21 heavy (non-hydrogen) atoms. The lowest BCUT2D eigenvalue weighted by Gasteiger charge is -2.33. The van der Waals surface area contributed by atoms with Crippen molar-refractivity contribution in [2.24, 2.45) is 5.92 Å². The van der Waals surface area contributed by atoms with Crippen molar-refractivity contribution in [2.75, 3.05) is 26.2 Å². The molecule has 2 unspecified atom stereocenters. The number of ether oxygens (including phenoxy) is 1. The van der Waals surface area contributed by atoms with Gasteiger partial charge in [0.2, 0.25) is 0 Å². The van der Waals surface area contributed by atoms with Crippen molar-refractivity contribution in [3.8, 4) is 12.1 Å². The largest absolute Gasteiger partial charge is 0.374 e. The maximum Gasteiger partial charge on any atom is 0.0898 e. The van der Waals surface area contributed by atoms with Crippen LogP contribution >= 0.6 is 0 Å². The summed E-state index contributed by atoms with van der Waals surface area (Å²) in [5.74, 6) is -0.0738. The van der Waals surface area contributed by atoms with Gasteiger partial charge in [0.1, 0.15) is 0 Å². The Balaban J connectivity index is 1.83. The standard InChI is InChI=1S/C15H21N5O/c1-13-8-18-20(9-13)12-15-11-19(5-6-21-15)10-14(7-17)3-2-4-16/h8-9,14-15H,2-3,5-6,10-12H2,1H3. The molecule has 0 aliphatic carbocycles. The summed E-state index contributed by atoms with van der Waals surface area (Å²) in [6, 6.07) is 4.41. The maximum atomic E-state index is 9.16. The van der Waals surface area contributed by atoms with E-state index in [0.717, 1.165) is 31.7 Å². The second-order valence-electron chi connectivity index (χ2n) is 5.51. The van der Waals surface area contributed by atoms with Crippen molar-refractivity contribution in [1.29, 1.82) is 10.5 Å². The normalized spacial score (nSPS) is 20.6. The molecule has 2 rings (SSSR count). The zero-order valence-electron chi connectivity index (χ0n) is 12.4. The summed E-state index contributed by atoms with van der Waals surface area (Å²) in [5, 5.41) is 22.1. The van der Waals surface area contributed by atoms with Gasteiger partial charge in [-0.25, -0.2) is 0 Å². The molecule has 0 N–H and O–H groups in total. The van der Waals surface area contributed by atoms with E-state index in [2.05, 4.69) is 22.1 Å². The van der Waals surface area contributed by atoms with Crippen LogP contribution in [0.1, 0.15) is 18.4 Å². The Kier molecular flexibility index (Phi) is 5.74. The minimum Gasteiger partial charge on any atom is -0.374 e. The minimum atomic E-state index is -0.0738. The van der Waals surface area contributed by atoms with Crippen molar-refractivity contribution in [1.82, 2.24) is 14.7 Å². The quantitative estimate of drug-likeness (QED) is 0.789. The molecular formula is C15H21N5O. The van der Waals surface area contributed by atoms with Crippen LogP contribution in [0, 0.1) is 35.5 Å². The summed E-state index contributed by atoms with van der Waals surface area (Å²) >= 11 is 0. The Morgan fingerprint density at radius 2 is 2.38 bits per heavy atom. The first-order valence-electron chi connectivity index (χ1n) is 7.31. The first-order valence-corrected chi connectivity index (χ1v) is 7.31. The molecule has 112 valence electrons. The fourth-order valence-corrected chi connectivity index (χ4v) is 2.58. The van der Waals surface area contributed by atoms with Gasteiger partial charge in [0.05, 0.1) is 43.5 Å². The summed E-state index contributed by atoms with van der Waals surface area (Å²) < 4.78 is 7.68. The summed E-state index contributed by atoms with van der Waals surface area (Å²) in [6.07, 6.45) is 5.04. The highest BCUT2D eigenvalue weighted by atomic mass is 16.5. The highest BCUT2D eigenvalue weighted by Gasteiger charge is 2.23. The molecule has 0 amide bonds. The lowest BCUT2D eigenvalue weighted by atomic mass is 10.0. The Bertz CT molecular complexity index is 527. The van der Waals surface area contributed by atoms with Gasteiger partial charge in [-0.15, -0.1) is 0 Å². The molecule has 1 aromatic heterocycles. The van der Waals surface area contributed by atoms with Gasteiger partial charge in [-0.1, -0.05) is 0 Å². The average Bonchev–Trinajstić information content (AvgIpc) is 2.89. The molecule has 2 heterocycles. The first kappa shape index (κ1) is 15.5. The molecule has 0 radical (unpaired) electrons. The lowest BCUT2D eigenvalue weighted by molar-refractivity contribution is -0.0400. The highest BCUT2D eigenvalue weighted by Crippen LogP contribution is 2.13. The van der Waals surface area contributed by atoms with Gasteiger partial charge in [-0.05, 0) is 18.9 Å². The van der Waals surface area contributed by atoms with Crippen LogP contribution < -0.4 is 0 Å². The van der Waals surface area contributed by atoms with E-state index in [-0.39, 0.29) is 12.0 Å². The monoisotopic (exact) mass is 287 g/mol. The molecule has 1 fully saturated rings. The van der Waals surface area contributed by atoms with Gasteiger partial charge in [0, 0.05) is 32.3 Å². The highest BCUT2D eigenvalue weighted by molar-refractivity contribution is 4.99. The van der Waals surface area contributed by atoms with Gasteiger partial charge >= 0.3 is 0 Å². The van der Waals surface area contributed by atoms with Gasteiger partial charge in [-0.2, -0.15) is 15.6 Å². The third-order valence-corrected chi connectivity index (χ3v) is 3.64. The van der Waals surface area contributed by atoms with Crippen LogP contribution in [-0.2, 0) is 11.3 Å². The summed E-state index contributed by atoms with van der Waals surface area (Å²) in [6.45, 7) is 5.81. The molecule has 0 bridgehead atoms. The molecule has 2 atom stereocenters. The van der Waals surface area contributed by atoms with Crippen LogP contribution in [-0.4, -0.2) is 47.0 Å². The van der Waals surface area contributed by atoms with Crippen LogP contribution in [0.4, 0.5) is 0 Å². The van der Waals surface area contributed by atoms with Crippen molar-refractivity contribution < 1.29 is 4.74 Å². The summed E-state index contributed by atoms with van der Waals surface area (Å²) in [5.41, 5.74) is 1.14. The predicted molar refractivity (Wildman–Crippen MR) is 77.1 cm³/mol. The fourth-order valence-electron chi connectivity index (χ4n) is 2.58. The zero-order chi connectivity index (χ0) is 15.1. The van der Waals surface area contributed by atoms with Crippen molar-refractivity contribution in [2.45, 2.75) is 32.4 Å². The number of hydrogen-bond donors (Lipinski definition) is 0. The fraction of sp³-hybridized carbons (Fsp3) is 0.667. The van der Waals surface area contributed by atoms with E-state index < -0.39 is 0 Å². The molecule has 1 saturated heterocycles. The van der Waals surface area contributed by atoms with Gasteiger partial charge in [0.25, 0.3) is 0 Å². The molecule has 1 aliphatic rings. The number of morpholine rings is 1. The van der Waals surface area contributed by atoms with E-state index in [0.29, 0.717) is 19.4 Å². The van der Waals surface area contributed by atoms with Gasteiger partial charge in [-0.3, -0.25) is 9.58 Å². The van der Waals surface area contributed by atoms with Crippen molar-refractivity contribution in [3.63, 3.8) is 0 Å². The molecular weight excluding hydrogens is 266 g/mol. The zero-order valence-corrected chi connectivity index (χ0v) is 12.4. The maximum absolute atomic E-state index is 9.16. The second-order valence-corrected chi connectivity index (χ2v) is 5.51. The van der Waals surface area contributed by atoms with Crippen LogP contribution in [0.25, 0.3) is 0 Å². The van der Waals surface area contributed by atoms with Crippen molar-refractivity contribution in [3.05, 3.63) is 18.0 Å². The average molecular weight is 287 g/mol. The Morgan fingerprint density at radius 3 is 3.05 bits per heavy atom. The summed E-state index contributed by atoms with van der Waals surface area (Å²) in [4.78, 5) is 2.26. The third-order valence-electron chi connectivity index (χ3n) is 3.64. The molecule has 0 spiro atoms. The van der Waals surface area contributed by atoms with E-state index in [1.54, 1.807) is 0 Å². The van der Waals surface area contributed by atoms with E-state index in [1.165, 1.54) is 0 Å². The molecule has 0 saturated carbocycles. The molecule has 0 aromatic carbocycles. The smallest absolute Gasteiger partial charge is 0.0898 e. The second kappa shape index (κ2) is 7.78. The van der Waals surface area contributed by atoms with Gasteiger partial charge in [0.15, 0.2) is 0 Å². The van der Waals surface area contributed by atoms with Crippen molar-refractivity contribution >= 4 is 0 Å². The van der Waals surface area contributed by atoms with Crippen LogP contribution in [0.5, 0.6) is 0 Å². The Morgan fingerprint density at radius 1 is 1.52 bits per heavy atom. The number of aromatic nitrogens is 2.